The first-order valence-electron chi connectivity index (χ1n) is 8.82. The first-order valence-corrected chi connectivity index (χ1v) is 8.82. The summed E-state index contributed by atoms with van der Waals surface area (Å²) in [6.45, 7) is 9.76. The Morgan fingerprint density at radius 2 is 2.12 bits per heavy atom. The second-order valence-corrected chi connectivity index (χ2v) is 7.43. The maximum atomic E-state index is 5.90. The molecule has 0 bridgehead atoms. The van der Waals surface area contributed by atoms with Gasteiger partial charge in [-0.05, 0) is 57.2 Å². The molecule has 132 valence electrons. The van der Waals surface area contributed by atoms with Gasteiger partial charge in [0.05, 0.1) is 11.7 Å². The van der Waals surface area contributed by atoms with Crippen LogP contribution in [0.2, 0.25) is 0 Å². The summed E-state index contributed by atoms with van der Waals surface area (Å²) >= 11 is 0. The molecule has 2 atom stereocenters. The van der Waals surface area contributed by atoms with Crippen LogP contribution in [0, 0.1) is 5.92 Å². The van der Waals surface area contributed by atoms with Crippen molar-refractivity contribution in [1.29, 1.82) is 0 Å². The van der Waals surface area contributed by atoms with Crippen molar-refractivity contribution in [2.45, 2.75) is 58.7 Å². The van der Waals surface area contributed by atoms with Gasteiger partial charge >= 0.3 is 0 Å². The van der Waals surface area contributed by atoms with E-state index in [1.807, 2.05) is 18.2 Å². The molecule has 0 saturated carbocycles. The lowest BCUT2D eigenvalue weighted by molar-refractivity contribution is 0.174. The number of allylic oxidation sites excluding steroid dienone is 1. The summed E-state index contributed by atoms with van der Waals surface area (Å²) in [6.07, 6.45) is 5.86. The predicted octanol–water partition coefficient (Wildman–Crippen LogP) is 4.72. The van der Waals surface area contributed by atoms with Crippen LogP contribution in [0.1, 0.15) is 47.0 Å². The fourth-order valence-electron chi connectivity index (χ4n) is 3.35. The van der Waals surface area contributed by atoms with Crippen molar-refractivity contribution in [1.82, 2.24) is 0 Å². The van der Waals surface area contributed by atoms with Crippen molar-refractivity contribution in [2.75, 3.05) is 13.4 Å². The summed E-state index contributed by atoms with van der Waals surface area (Å²) in [7, 11) is 0. The number of hydrogen-bond acceptors (Lipinski definition) is 4. The molecular weight excluding hydrogens is 304 g/mol. The molecule has 1 fully saturated rings. The van der Waals surface area contributed by atoms with Gasteiger partial charge in [-0.1, -0.05) is 19.4 Å². The van der Waals surface area contributed by atoms with Crippen molar-refractivity contribution < 1.29 is 18.9 Å². The third-order valence-corrected chi connectivity index (χ3v) is 4.68. The van der Waals surface area contributed by atoms with E-state index in [9.17, 15) is 0 Å². The number of rotatable bonds is 8. The average Bonchev–Trinajstić information content (AvgIpc) is 2.94. The zero-order valence-electron chi connectivity index (χ0n) is 15.1. The standard InChI is InChI=1S/C20H28O4/c1-14(2)12-20(4)19(24-20)8-5-15(3)9-10-21-16-6-7-17-18(11-16)23-13-22-17/h6-7,9,11,14,19H,5,8,10,12-13H2,1-4H3/b15-9+. The Kier molecular flexibility index (Phi) is 5.04. The van der Waals surface area contributed by atoms with Gasteiger partial charge in [0.15, 0.2) is 11.5 Å². The third kappa shape index (κ3) is 4.23. The van der Waals surface area contributed by atoms with Crippen LogP contribution < -0.4 is 14.2 Å². The molecule has 0 aliphatic carbocycles. The first kappa shape index (κ1) is 17.2. The summed E-state index contributed by atoms with van der Waals surface area (Å²) in [5, 5.41) is 0. The van der Waals surface area contributed by atoms with Gasteiger partial charge in [-0.15, -0.1) is 0 Å². The third-order valence-electron chi connectivity index (χ3n) is 4.68. The zero-order valence-corrected chi connectivity index (χ0v) is 15.1. The van der Waals surface area contributed by atoms with Crippen molar-refractivity contribution in [2.24, 2.45) is 5.92 Å². The molecule has 4 nitrogen and oxygen atoms in total. The number of benzene rings is 1. The smallest absolute Gasteiger partial charge is 0.231 e. The van der Waals surface area contributed by atoms with Crippen molar-refractivity contribution in [3.05, 3.63) is 29.8 Å². The quantitative estimate of drug-likeness (QED) is 0.510. The van der Waals surface area contributed by atoms with Gasteiger partial charge in [-0.2, -0.15) is 0 Å². The molecule has 2 aliphatic heterocycles. The van der Waals surface area contributed by atoms with Crippen LogP contribution in [0.25, 0.3) is 0 Å². The van der Waals surface area contributed by atoms with E-state index in [1.54, 1.807) is 0 Å². The minimum Gasteiger partial charge on any atom is -0.489 e. The topological polar surface area (TPSA) is 40.2 Å². The average molecular weight is 332 g/mol. The maximum absolute atomic E-state index is 5.90. The Labute approximate surface area is 144 Å². The van der Waals surface area contributed by atoms with Crippen LogP contribution in [0.5, 0.6) is 17.2 Å². The van der Waals surface area contributed by atoms with Gasteiger partial charge in [-0.25, -0.2) is 0 Å². The molecule has 3 rings (SSSR count). The van der Waals surface area contributed by atoms with Gasteiger partial charge in [0, 0.05) is 6.07 Å². The first-order chi connectivity index (χ1) is 11.5. The van der Waals surface area contributed by atoms with E-state index in [0.717, 1.165) is 36.5 Å². The Morgan fingerprint density at radius 1 is 1.33 bits per heavy atom. The number of hydrogen-bond donors (Lipinski definition) is 0. The monoisotopic (exact) mass is 332 g/mol. The second-order valence-electron chi connectivity index (χ2n) is 7.43. The highest BCUT2D eigenvalue weighted by atomic mass is 16.7. The van der Waals surface area contributed by atoms with Gasteiger partial charge in [0.2, 0.25) is 6.79 Å². The van der Waals surface area contributed by atoms with Gasteiger partial charge in [0.1, 0.15) is 12.4 Å². The number of ether oxygens (including phenoxy) is 4. The Balaban J connectivity index is 1.39. The molecule has 0 amide bonds. The summed E-state index contributed by atoms with van der Waals surface area (Å²) < 4.78 is 22.3. The Bertz CT molecular complexity index is 608. The molecule has 0 spiro atoms. The van der Waals surface area contributed by atoms with Crippen molar-refractivity contribution in [3.63, 3.8) is 0 Å². The molecule has 2 heterocycles. The SMILES string of the molecule is C/C(=C\COc1ccc2c(c1)OCO2)CCC1OC1(C)CC(C)C. The summed E-state index contributed by atoms with van der Waals surface area (Å²) in [5.74, 6) is 3.02. The van der Waals surface area contributed by atoms with Crippen molar-refractivity contribution in [3.8, 4) is 17.2 Å². The van der Waals surface area contributed by atoms with Gasteiger partial charge < -0.3 is 18.9 Å². The molecule has 0 aromatic heterocycles. The zero-order chi connectivity index (χ0) is 17.2. The molecule has 2 unspecified atom stereocenters. The number of fused-ring (bicyclic) bond motifs is 1. The van der Waals surface area contributed by atoms with E-state index in [0.29, 0.717) is 18.6 Å². The van der Waals surface area contributed by atoms with Crippen LogP contribution in [0.3, 0.4) is 0 Å². The molecule has 0 N–H and O–H groups in total. The fourth-order valence-corrected chi connectivity index (χ4v) is 3.35. The maximum Gasteiger partial charge on any atom is 0.231 e. The van der Waals surface area contributed by atoms with E-state index in [-0.39, 0.29) is 12.4 Å². The van der Waals surface area contributed by atoms with E-state index in [2.05, 4.69) is 33.8 Å². The van der Waals surface area contributed by atoms with Gasteiger partial charge in [0.25, 0.3) is 0 Å². The molecule has 1 saturated heterocycles. The van der Waals surface area contributed by atoms with Crippen LogP contribution in [-0.4, -0.2) is 25.1 Å². The second kappa shape index (κ2) is 7.06. The fraction of sp³-hybridized carbons (Fsp3) is 0.600. The van der Waals surface area contributed by atoms with E-state index in [4.69, 9.17) is 18.9 Å². The van der Waals surface area contributed by atoms with E-state index < -0.39 is 0 Å². The molecule has 2 aliphatic rings. The van der Waals surface area contributed by atoms with Crippen LogP contribution in [0.15, 0.2) is 29.8 Å². The van der Waals surface area contributed by atoms with Crippen LogP contribution >= 0.6 is 0 Å². The van der Waals surface area contributed by atoms with Crippen LogP contribution in [-0.2, 0) is 4.74 Å². The van der Waals surface area contributed by atoms with E-state index in [1.165, 1.54) is 5.57 Å². The van der Waals surface area contributed by atoms with Crippen LogP contribution in [0.4, 0.5) is 0 Å². The minimum absolute atomic E-state index is 0.109. The Morgan fingerprint density at radius 3 is 2.92 bits per heavy atom. The summed E-state index contributed by atoms with van der Waals surface area (Å²) in [4.78, 5) is 0. The summed E-state index contributed by atoms with van der Waals surface area (Å²) in [6, 6.07) is 5.67. The highest BCUT2D eigenvalue weighted by Crippen LogP contribution is 2.44. The van der Waals surface area contributed by atoms with Crippen molar-refractivity contribution >= 4 is 0 Å². The molecule has 4 heteroatoms. The normalized spacial score (nSPS) is 25.2. The highest BCUT2D eigenvalue weighted by Gasteiger charge is 2.51. The Hall–Kier alpha value is -1.68. The molecule has 0 radical (unpaired) electrons. The predicted molar refractivity (Wildman–Crippen MR) is 93.8 cm³/mol. The lowest BCUT2D eigenvalue weighted by Gasteiger charge is -2.09. The molecule has 1 aromatic carbocycles. The number of epoxide rings is 1. The van der Waals surface area contributed by atoms with E-state index >= 15 is 0 Å². The molecule has 1 aromatic rings. The van der Waals surface area contributed by atoms with Gasteiger partial charge in [-0.3, -0.25) is 0 Å². The lowest BCUT2D eigenvalue weighted by Crippen LogP contribution is -2.13. The molecule has 24 heavy (non-hydrogen) atoms. The minimum atomic E-state index is 0.109. The molecular formula is C20H28O4. The summed E-state index contributed by atoms with van der Waals surface area (Å²) in [5.41, 5.74) is 1.45. The highest BCUT2D eigenvalue weighted by molar-refractivity contribution is 5.46. The largest absolute Gasteiger partial charge is 0.489 e. The lowest BCUT2D eigenvalue weighted by atomic mass is 9.93.